The fourth-order valence-corrected chi connectivity index (χ4v) is 4.72. The molecule has 0 saturated carbocycles. The summed E-state index contributed by atoms with van der Waals surface area (Å²) in [6.07, 6.45) is -3.77. The molecule has 1 aromatic carbocycles. The fourth-order valence-electron chi connectivity index (χ4n) is 3.23. The normalized spacial score (nSPS) is 14.9. The van der Waals surface area contributed by atoms with Crippen molar-refractivity contribution < 1.29 is 13.2 Å². The molecular weight excluding hydrogens is 455 g/mol. The van der Waals surface area contributed by atoms with E-state index < -0.39 is 11.7 Å². The summed E-state index contributed by atoms with van der Waals surface area (Å²) in [5, 5.41) is 2.03. The minimum absolute atomic E-state index is 0.239. The predicted octanol–water partition coefficient (Wildman–Crippen LogP) is 4.84. The van der Waals surface area contributed by atoms with Crippen molar-refractivity contribution in [1.29, 1.82) is 0 Å². The Labute approximate surface area is 171 Å². The zero-order valence-electron chi connectivity index (χ0n) is 14.5. The first kappa shape index (κ1) is 19.4. The van der Waals surface area contributed by atoms with Gasteiger partial charge in [0.05, 0.1) is 16.8 Å². The summed E-state index contributed by atoms with van der Waals surface area (Å²) < 4.78 is 39.2. The molecule has 0 atom stereocenters. The van der Waals surface area contributed by atoms with Gasteiger partial charge < -0.3 is 4.98 Å². The van der Waals surface area contributed by atoms with E-state index in [4.69, 9.17) is 0 Å². The third kappa shape index (κ3) is 4.06. The van der Waals surface area contributed by atoms with Crippen LogP contribution in [0.25, 0.3) is 11.4 Å². The van der Waals surface area contributed by atoms with E-state index in [0.29, 0.717) is 35.6 Å². The Morgan fingerprint density at radius 2 is 2.00 bits per heavy atom. The second kappa shape index (κ2) is 7.46. The van der Waals surface area contributed by atoms with E-state index in [-0.39, 0.29) is 5.56 Å². The average molecular weight is 470 g/mol. The van der Waals surface area contributed by atoms with E-state index in [1.54, 1.807) is 11.3 Å². The number of nitrogens with zero attached hydrogens (tertiary/aromatic N) is 2. The van der Waals surface area contributed by atoms with Crippen LogP contribution in [0.4, 0.5) is 13.2 Å². The highest BCUT2D eigenvalue weighted by molar-refractivity contribution is 9.10. The number of rotatable bonds is 3. The van der Waals surface area contributed by atoms with Gasteiger partial charge in [0.25, 0.3) is 5.56 Å². The zero-order chi connectivity index (χ0) is 19.9. The lowest BCUT2D eigenvalue weighted by atomic mass is 10.1. The van der Waals surface area contributed by atoms with Gasteiger partial charge in [-0.05, 0) is 34.1 Å². The summed E-state index contributed by atoms with van der Waals surface area (Å²) in [6, 6.07) is 6.72. The van der Waals surface area contributed by atoms with Gasteiger partial charge in [0.15, 0.2) is 0 Å². The number of alkyl halides is 3. The molecular formula is C19H15BrF3N3OS. The van der Waals surface area contributed by atoms with E-state index >= 15 is 0 Å². The zero-order valence-corrected chi connectivity index (χ0v) is 16.9. The van der Waals surface area contributed by atoms with Crippen molar-refractivity contribution in [1.82, 2.24) is 14.9 Å². The topological polar surface area (TPSA) is 49.0 Å². The maximum absolute atomic E-state index is 12.7. The first-order valence-corrected chi connectivity index (χ1v) is 10.2. The molecule has 146 valence electrons. The maximum atomic E-state index is 12.7. The Bertz CT molecular complexity index is 1060. The quantitative estimate of drug-likeness (QED) is 0.596. The van der Waals surface area contributed by atoms with Gasteiger partial charge in [-0.15, -0.1) is 11.3 Å². The van der Waals surface area contributed by atoms with Crippen LogP contribution in [0.2, 0.25) is 0 Å². The van der Waals surface area contributed by atoms with Gasteiger partial charge in [-0.2, -0.15) is 13.2 Å². The molecule has 0 spiro atoms. The van der Waals surface area contributed by atoms with Crippen LogP contribution in [0.15, 0.2) is 45.0 Å². The molecule has 0 fully saturated rings. The maximum Gasteiger partial charge on any atom is 0.416 e. The highest BCUT2D eigenvalue weighted by Crippen LogP contribution is 2.30. The first-order chi connectivity index (χ1) is 13.3. The molecule has 4 rings (SSSR count). The molecule has 0 aliphatic carbocycles. The molecule has 28 heavy (non-hydrogen) atoms. The number of aromatic amines is 1. The number of benzene rings is 1. The van der Waals surface area contributed by atoms with Crippen molar-refractivity contribution in [3.8, 4) is 11.4 Å². The second-order valence-electron chi connectivity index (χ2n) is 6.61. The molecule has 3 heterocycles. The Kier molecular flexibility index (Phi) is 5.15. The molecule has 1 aliphatic rings. The van der Waals surface area contributed by atoms with Gasteiger partial charge in [-0.1, -0.05) is 12.1 Å². The van der Waals surface area contributed by atoms with Crippen LogP contribution < -0.4 is 5.56 Å². The Balaban J connectivity index is 1.56. The van der Waals surface area contributed by atoms with Crippen LogP contribution in [0.1, 0.15) is 21.7 Å². The lowest BCUT2D eigenvalue weighted by Crippen LogP contribution is -2.35. The standard InChI is InChI=1S/C19H15BrF3N3OS/c20-13-7-14(28-10-13)8-26-6-5-16-15(9-26)18(27)25-17(24-16)11-1-3-12(4-2-11)19(21,22)23/h1-4,7,10H,5-6,8-9H2,(H,24,25,27). The number of hydrogen-bond donors (Lipinski definition) is 1. The van der Waals surface area contributed by atoms with Crippen LogP contribution in [0.3, 0.4) is 0 Å². The van der Waals surface area contributed by atoms with Crippen LogP contribution in [0.5, 0.6) is 0 Å². The van der Waals surface area contributed by atoms with Crippen molar-refractivity contribution in [2.75, 3.05) is 6.54 Å². The van der Waals surface area contributed by atoms with Crippen LogP contribution in [0, 0.1) is 0 Å². The SMILES string of the molecule is O=c1[nH]c(-c2ccc(C(F)(F)F)cc2)nc2c1CN(Cc1cc(Br)cs1)CC2. The summed E-state index contributed by atoms with van der Waals surface area (Å²) in [6.45, 7) is 2.03. The lowest BCUT2D eigenvalue weighted by molar-refractivity contribution is -0.137. The van der Waals surface area contributed by atoms with Gasteiger partial charge in [0.1, 0.15) is 5.82 Å². The Hall–Kier alpha value is -1.97. The van der Waals surface area contributed by atoms with Gasteiger partial charge >= 0.3 is 6.18 Å². The van der Waals surface area contributed by atoms with Crippen molar-refractivity contribution in [3.63, 3.8) is 0 Å². The third-order valence-electron chi connectivity index (χ3n) is 4.63. The molecule has 4 nitrogen and oxygen atoms in total. The summed E-state index contributed by atoms with van der Waals surface area (Å²) in [5.41, 5.74) is 0.822. The van der Waals surface area contributed by atoms with E-state index in [0.717, 1.165) is 29.7 Å². The fraction of sp³-hybridized carbons (Fsp3) is 0.263. The highest BCUT2D eigenvalue weighted by atomic mass is 79.9. The predicted molar refractivity (Wildman–Crippen MR) is 105 cm³/mol. The van der Waals surface area contributed by atoms with Gasteiger partial charge in [0.2, 0.25) is 0 Å². The summed E-state index contributed by atoms with van der Waals surface area (Å²) in [5.74, 6) is 0.299. The monoisotopic (exact) mass is 469 g/mol. The highest BCUT2D eigenvalue weighted by Gasteiger charge is 2.30. The summed E-state index contributed by atoms with van der Waals surface area (Å²) >= 11 is 5.11. The van der Waals surface area contributed by atoms with E-state index in [2.05, 4.69) is 36.9 Å². The number of aromatic nitrogens is 2. The van der Waals surface area contributed by atoms with E-state index in [1.807, 2.05) is 5.38 Å². The summed E-state index contributed by atoms with van der Waals surface area (Å²) in [7, 11) is 0. The largest absolute Gasteiger partial charge is 0.416 e. The van der Waals surface area contributed by atoms with Crippen molar-refractivity contribution in [3.05, 3.63) is 72.2 Å². The van der Waals surface area contributed by atoms with Crippen molar-refractivity contribution in [2.45, 2.75) is 25.7 Å². The molecule has 0 saturated heterocycles. The molecule has 0 amide bonds. The Morgan fingerprint density at radius 3 is 2.64 bits per heavy atom. The third-order valence-corrected chi connectivity index (χ3v) is 6.32. The van der Waals surface area contributed by atoms with Crippen molar-refractivity contribution >= 4 is 27.3 Å². The average Bonchev–Trinajstić information content (AvgIpc) is 3.06. The van der Waals surface area contributed by atoms with Gasteiger partial charge in [0, 0.05) is 46.3 Å². The van der Waals surface area contributed by atoms with Gasteiger partial charge in [-0.3, -0.25) is 9.69 Å². The van der Waals surface area contributed by atoms with Crippen LogP contribution >= 0.6 is 27.3 Å². The smallest absolute Gasteiger partial charge is 0.306 e. The molecule has 0 unspecified atom stereocenters. The number of hydrogen-bond acceptors (Lipinski definition) is 4. The summed E-state index contributed by atoms with van der Waals surface area (Å²) in [4.78, 5) is 23.2. The lowest BCUT2D eigenvalue weighted by Gasteiger charge is -2.27. The first-order valence-electron chi connectivity index (χ1n) is 8.54. The van der Waals surface area contributed by atoms with Crippen molar-refractivity contribution in [2.24, 2.45) is 0 Å². The van der Waals surface area contributed by atoms with Crippen LogP contribution in [-0.2, 0) is 25.7 Å². The number of thiophene rings is 1. The molecule has 1 N–H and O–H groups in total. The number of nitrogens with one attached hydrogen (secondary N) is 1. The molecule has 9 heteroatoms. The molecule has 3 aromatic rings. The molecule has 0 radical (unpaired) electrons. The number of fused-ring (bicyclic) bond motifs is 1. The molecule has 2 aromatic heterocycles. The number of H-pyrrole nitrogens is 1. The second-order valence-corrected chi connectivity index (χ2v) is 8.52. The Morgan fingerprint density at radius 1 is 1.25 bits per heavy atom. The molecule has 1 aliphatic heterocycles. The number of halogens is 4. The minimum atomic E-state index is -4.39. The van der Waals surface area contributed by atoms with Crippen LogP contribution in [-0.4, -0.2) is 21.4 Å². The molecule has 0 bridgehead atoms. The van der Waals surface area contributed by atoms with E-state index in [9.17, 15) is 18.0 Å². The minimum Gasteiger partial charge on any atom is -0.306 e. The van der Waals surface area contributed by atoms with Gasteiger partial charge in [-0.25, -0.2) is 4.98 Å². The van der Waals surface area contributed by atoms with E-state index in [1.165, 1.54) is 17.0 Å².